The van der Waals surface area contributed by atoms with Gasteiger partial charge in [0.25, 0.3) is 5.91 Å². The fourth-order valence-corrected chi connectivity index (χ4v) is 2.31. The Labute approximate surface area is 153 Å². The Kier molecular flexibility index (Phi) is 6.71. The molecule has 0 aliphatic carbocycles. The van der Waals surface area contributed by atoms with Gasteiger partial charge in [-0.3, -0.25) is 10.1 Å². The van der Waals surface area contributed by atoms with Gasteiger partial charge in [-0.15, -0.1) is 0 Å². The molecule has 2 N–H and O–H groups in total. The first kappa shape index (κ1) is 18.7. The largest absolute Gasteiger partial charge is 0.444 e. The predicted molar refractivity (Wildman–Crippen MR) is 96.0 cm³/mol. The third-order valence-electron chi connectivity index (χ3n) is 3.22. The molecule has 2 aromatic carbocycles. The zero-order chi connectivity index (χ0) is 18.2. The maximum atomic E-state index is 12.4. The molecule has 0 heterocycles. The predicted octanol–water partition coefficient (Wildman–Crippen LogP) is 3.19. The molecule has 0 saturated heterocycles. The molecule has 2 rings (SSSR count). The van der Waals surface area contributed by atoms with Crippen LogP contribution in [0.5, 0.6) is 0 Å². The van der Waals surface area contributed by atoms with Gasteiger partial charge in [0, 0.05) is 16.6 Å². The van der Waals surface area contributed by atoms with E-state index in [1.165, 1.54) is 0 Å². The Hall–Kier alpha value is -2.67. The second-order valence-electron chi connectivity index (χ2n) is 5.05. The second kappa shape index (κ2) is 8.98. The number of esters is 1. The van der Waals surface area contributed by atoms with Crippen molar-refractivity contribution in [2.45, 2.75) is 13.0 Å². The van der Waals surface area contributed by atoms with Gasteiger partial charge in [-0.2, -0.15) is 0 Å². The maximum absolute atomic E-state index is 12.4. The van der Waals surface area contributed by atoms with Crippen LogP contribution in [0.4, 0.5) is 4.79 Å². The minimum absolute atomic E-state index is 0.301. The van der Waals surface area contributed by atoms with Crippen molar-refractivity contribution in [3.05, 3.63) is 70.2 Å². The van der Waals surface area contributed by atoms with Gasteiger partial charge in [-0.25, -0.2) is 9.59 Å². The van der Waals surface area contributed by atoms with Crippen LogP contribution in [0.15, 0.2) is 59.1 Å². The molecule has 0 radical (unpaired) electrons. The van der Waals surface area contributed by atoms with Gasteiger partial charge in [-0.05, 0) is 31.2 Å². The number of halogens is 1. The van der Waals surface area contributed by atoms with Crippen LogP contribution in [-0.4, -0.2) is 24.5 Å². The van der Waals surface area contributed by atoms with Gasteiger partial charge in [0.2, 0.25) is 6.10 Å². The third-order valence-corrected chi connectivity index (χ3v) is 3.75. The second-order valence-corrected chi connectivity index (χ2v) is 5.97. The standard InChI is InChI=1S/C18H17BrN2O4/c1-2-20-18(24)21-16(22)15(12-6-4-3-5-7-12)25-17(23)13-8-10-14(19)11-9-13/h3-11,15H,2H2,1H3,(H2,20,21,22,24)/t15-/m0/s1. The molecule has 0 aliphatic rings. The lowest BCUT2D eigenvalue weighted by atomic mass is 10.1. The Balaban J connectivity index is 2.20. The number of imide groups is 1. The van der Waals surface area contributed by atoms with E-state index in [9.17, 15) is 14.4 Å². The first-order valence-electron chi connectivity index (χ1n) is 7.61. The Bertz CT molecular complexity index is 747. The number of nitrogens with one attached hydrogen (secondary N) is 2. The van der Waals surface area contributed by atoms with Gasteiger partial charge >= 0.3 is 12.0 Å². The molecule has 0 spiro atoms. The first-order valence-corrected chi connectivity index (χ1v) is 8.40. The summed E-state index contributed by atoms with van der Waals surface area (Å²) < 4.78 is 6.17. The van der Waals surface area contributed by atoms with E-state index in [4.69, 9.17) is 4.74 Å². The molecule has 1 atom stereocenters. The van der Waals surface area contributed by atoms with Gasteiger partial charge in [0.05, 0.1) is 5.56 Å². The molecule has 2 aromatic rings. The summed E-state index contributed by atoms with van der Waals surface area (Å²) in [5.74, 6) is -1.38. The Morgan fingerprint density at radius 2 is 1.68 bits per heavy atom. The molecule has 0 unspecified atom stereocenters. The number of benzene rings is 2. The van der Waals surface area contributed by atoms with Crippen molar-refractivity contribution in [3.8, 4) is 0 Å². The fraction of sp³-hybridized carbons (Fsp3) is 0.167. The van der Waals surface area contributed by atoms with Crippen LogP contribution in [0.2, 0.25) is 0 Å². The smallest absolute Gasteiger partial charge is 0.339 e. The molecule has 6 nitrogen and oxygen atoms in total. The number of rotatable bonds is 5. The molecule has 7 heteroatoms. The van der Waals surface area contributed by atoms with Crippen LogP contribution in [0.1, 0.15) is 28.9 Å². The number of carbonyl (C=O) groups excluding carboxylic acids is 3. The van der Waals surface area contributed by atoms with Crippen molar-refractivity contribution >= 4 is 33.8 Å². The summed E-state index contributed by atoms with van der Waals surface area (Å²) in [4.78, 5) is 36.3. The summed E-state index contributed by atoms with van der Waals surface area (Å²) in [6, 6.07) is 14.4. The van der Waals surface area contributed by atoms with Crippen LogP contribution < -0.4 is 10.6 Å². The van der Waals surface area contributed by atoms with E-state index in [-0.39, 0.29) is 0 Å². The van der Waals surface area contributed by atoms with E-state index in [0.717, 1.165) is 4.47 Å². The van der Waals surface area contributed by atoms with Crippen molar-refractivity contribution in [1.82, 2.24) is 10.6 Å². The summed E-state index contributed by atoms with van der Waals surface area (Å²) in [6.07, 6.45) is -1.24. The Morgan fingerprint density at radius 1 is 1.04 bits per heavy atom. The molecule has 0 fully saturated rings. The normalized spacial score (nSPS) is 11.3. The highest BCUT2D eigenvalue weighted by Crippen LogP contribution is 2.20. The summed E-state index contributed by atoms with van der Waals surface area (Å²) >= 11 is 3.29. The first-order chi connectivity index (χ1) is 12.0. The minimum atomic E-state index is -1.24. The van der Waals surface area contributed by atoms with Crippen molar-refractivity contribution in [1.29, 1.82) is 0 Å². The van der Waals surface area contributed by atoms with Crippen LogP contribution in [0.25, 0.3) is 0 Å². The number of amides is 3. The number of hydrogen-bond donors (Lipinski definition) is 2. The number of hydrogen-bond acceptors (Lipinski definition) is 4. The third kappa shape index (κ3) is 5.42. The van der Waals surface area contributed by atoms with E-state index in [1.54, 1.807) is 61.5 Å². The van der Waals surface area contributed by atoms with Crippen molar-refractivity contribution in [2.75, 3.05) is 6.54 Å². The summed E-state index contributed by atoms with van der Waals surface area (Å²) in [7, 11) is 0. The highest BCUT2D eigenvalue weighted by molar-refractivity contribution is 9.10. The quantitative estimate of drug-likeness (QED) is 0.749. The van der Waals surface area contributed by atoms with Gasteiger partial charge in [0.1, 0.15) is 0 Å². The lowest BCUT2D eigenvalue weighted by molar-refractivity contribution is -0.129. The lowest BCUT2D eigenvalue weighted by Gasteiger charge is -2.17. The molecule has 0 bridgehead atoms. The van der Waals surface area contributed by atoms with E-state index in [2.05, 4.69) is 26.6 Å². The molecular weight excluding hydrogens is 388 g/mol. The summed E-state index contributed by atoms with van der Waals surface area (Å²) in [6.45, 7) is 2.10. The SMILES string of the molecule is CCNC(=O)NC(=O)[C@@H](OC(=O)c1ccc(Br)cc1)c1ccccc1. The molecule has 0 aromatic heterocycles. The highest BCUT2D eigenvalue weighted by atomic mass is 79.9. The highest BCUT2D eigenvalue weighted by Gasteiger charge is 2.27. The van der Waals surface area contributed by atoms with Crippen LogP contribution in [0.3, 0.4) is 0 Å². The van der Waals surface area contributed by atoms with Crippen LogP contribution in [-0.2, 0) is 9.53 Å². The zero-order valence-corrected chi connectivity index (χ0v) is 15.1. The van der Waals surface area contributed by atoms with Crippen LogP contribution >= 0.6 is 15.9 Å². The van der Waals surface area contributed by atoms with Gasteiger partial charge in [-0.1, -0.05) is 46.3 Å². The molecule has 130 valence electrons. The number of urea groups is 1. The van der Waals surface area contributed by atoms with Gasteiger partial charge in [0.15, 0.2) is 0 Å². The lowest BCUT2D eigenvalue weighted by Crippen LogP contribution is -2.42. The van der Waals surface area contributed by atoms with Crippen molar-refractivity contribution in [2.24, 2.45) is 0 Å². The molecule has 0 aliphatic heterocycles. The zero-order valence-electron chi connectivity index (χ0n) is 13.5. The number of carbonyl (C=O) groups is 3. The molecular formula is C18H17BrN2O4. The van der Waals surface area contributed by atoms with Gasteiger partial charge < -0.3 is 10.1 Å². The van der Waals surface area contributed by atoms with E-state index < -0.39 is 24.0 Å². The number of ether oxygens (including phenoxy) is 1. The molecule has 3 amide bonds. The van der Waals surface area contributed by atoms with E-state index in [1.807, 2.05) is 0 Å². The van der Waals surface area contributed by atoms with Crippen molar-refractivity contribution in [3.63, 3.8) is 0 Å². The summed E-state index contributed by atoms with van der Waals surface area (Å²) in [5, 5.41) is 4.63. The summed E-state index contributed by atoms with van der Waals surface area (Å²) in [5.41, 5.74) is 0.768. The monoisotopic (exact) mass is 404 g/mol. The topological polar surface area (TPSA) is 84.5 Å². The van der Waals surface area contributed by atoms with E-state index >= 15 is 0 Å². The molecule has 0 saturated carbocycles. The average molecular weight is 405 g/mol. The average Bonchev–Trinajstić information content (AvgIpc) is 2.61. The van der Waals surface area contributed by atoms with Crippen LogP contribution in [0, 0.1) is 0 Å². The molecule has 25 heavy (non-hydrogen) atoms. The Morgan fingerprint density at radius 3 is 2.28 bits per heavy atom. The maximum Gasteiger partial charge on any atom is 0.339 e. The fourth-order valence-electron chi connectivity index (χ4n) is 2.04. The minimum Gasteiger partial charge on any atom is -0.444 e. The van der Waals surface area contributed by atoms with Crippen molar-refractivity contribution < 1.29 is 19.1 Å². The van der Waals surface area contributed by atoms with E-state index in [0.29, 0.717) is 17.7 Å².